The maximum Gasteiger partial charge on any atom is 0.317 e. The second-order valence-corrected chi connectivity index (χ2v) is 4.15. The van der Waals surface area contributed by atoms with Crippen LogP contribution in [0.3, 0.4) is 0 Å². The van der Waals surface area contributed by atoms with Gasteiger partial charge in [-0.2, -0.15) is 11.8 Å². The van der Waals surface area contributed by atoms with Gasteiger partial charge >= 0.3 is 6.03 Å². The van der Waals surface area contributed by atoms with Crippen LogP contribution >= 0.6 is 11.8 Å². The smallest absolute Gasteiger partial charge is 0.317 e. The molecule has 0 saturated carbocycles. The Hall–Kier alpha value is -0.380. The molecular formula is C8H16N2OS. The van der Waals surface area contributed by atoms with Gasteiger partial charge in [-0.15, -0.1) is 0 Å². The van der Waals surface area contributed by atoms with E-state index in [0.29, 0.717) is 5.92 Å². The van der Waals surface area contributed by atoms with E-state index in [1.807, 2.05) is 16.7 Å². The van der Waals surface area contributed by atoms with Crippen molar-refractivity contribution in [3.63, 3.8) is 0 Å². The van der Waals surface area contributed by atoms with Gasteiger partial charge in [0.2, 0.25) is 0 Å². The molecule has 1 fully saturated rings. The highest BCUT2D eigenvalue weighted by atomic mass is 32.2. The molecule has 1 heterocycles. The van der Waals surface area contributed by atoms with Crippen LogP contribution in [0, 0.1) is 5.92 Å². The highest BCUT2D eigenvalue weighted by Gasteiger charge is 2.20. The molecule has 0 aromatic carbocycles. The summed E-state index contributed by atoms with van der Waals surface area (Å²) in [6.07, 6.45) is 2.10. The van der Waals surface area contributed by atoms with Crippen molar-refractivity contribution in [1.29, 1.82) is 0 Å². The van der Waals surface area contributed by atoms with Gasteiger partial charge in [0.25, 0.3) is 0 Å². The highest BCUT2D eigenvalue weighted by molar-refractivity contribution is 7.98. The number of hydrogen-bond donors (Lipinski definition) is 1. The molecule has 1 atom stereocenters. The van der Waals surface area contributed by atoms with Crippen molar-refractivity contribution < 1.29 is 4.79 Å². The number of nitrogens with zero attached hydrogens (tertiary/aromatic N) is 1. The number of carbonyl (C=O) groups excluding carboxylic acids is 1. The van der Waals surface area contributed by atoms with Gasteiger partial charge in [-0.3, -0.25) is 0 Å². The van der Waals surface area contributed by atoms with Crippen LogP contribution in [0.15, 0.2) is 0 Å². The van der Waals surface area contributed by atoms with Crippen molar-refractivity contribution in [3.05, 3.63) is 0 Å². The summed E-state index contributed by atoms with van der Waals surface area (Å²) < 4.78 is 0. The molecule has 0 aromatic heterocycles. The number of thioether (sulfide) groups is 1. The molecule has 12 heavy (non-hydrogen) atoms. The number of urea groups is 1. The average Bonchev–Trinajstić information content (AvgIpc) is 2.37. The average molecular weight is 188 g/mol. The Morgan fingerprint density at radius 1 is 1.75 bits per heavy atom. The molecule has 2 amide bonds. The molecular weight excluding hydrogens is 172 g/mol. The number of hydrogen-bond acceptors (Lipinski definition) is 2. The third-order valence-electron chi connectivity index (χ3n) is 1.93. The highest BCUT2D eigenvalue weighted by Crippen LogP contribution is 2.08. The third kappa shape index (κ3) is 2.59. The Labute approximate surface area is 77.9 Å². The first-order valence-corrected chi connectivity index (χ1v) is 5.65. The first-order valence-electron chi connectivity index (χ1n) is 4.25. The van der Waals surface area contributed by atoms with Crippen LogP contribution in [0.5, 0.6) is 0 Å². The maximum absolute atomic E-state index is 11.1. The van der Waals surface area contributed by atoms with Crippen LogP contribution in [-0.4, -0.2) is 42.6 Å². The van der Waals surface area contributed by atoms with Crippen molar-refractivity contribution in [2.45, 2.75) is 6.92 Å². The fourth-order valence-corrected chi connectivity index (χ4v) is 2.07. The quantitative estimate of drug-likeness (QED) is 0.714. The molecule has 1 aliphatic heterocycles. The van der Waals surface area contributed by atoms with E-state index >= 15 is 0 Å². The lowest BCUT2D eigenvalue weighted by Gasteiger charge is -2.18. The molecule has 0 radical (unpaired) electrons. The molecule has 0 aliphatic carbocycles. The van der Waals surface area contributed by atoms with E-state index in [1.54, 1.807) is 0 Å². The Morgan fingerprint density at radius 2 is 2.50 bits per heavy atom. The Morgan fingerprint density at radius 3 is 3.00 bits per heavy atom. The SMILES string of the molecule is CSCC(C)CN1CCNC1=O. The van der Waals surface area contributed by atoms with Crippen molar-refractivity contribution in [1.82, 2.24) is 10.2 Å². The summed E-state index contributed by atoms with van der Waals surface area (Å²) in [5.74, 6) is 1.73. The van der Waals surface area contributed by atoms with Crippen LogP contribution < -0.4 is 5.32 Å². The summed E-state index contributed by atoms with van der Waals surface area (Å²) in [5.41, 5.74) is 0. The minimum absolute atomic E-state index is 0.1000. The van der Waals surface area contributed by atoms with Crippen molar-refractivity contribution >= 4 is 17.8 Å². The number of amides is 2. The van der Waals surface area contributed by atoms with Crippen LogP contribution in [0.4, 0.5) is 4.79 Å². The monoisotopic (exact) mass is 188 g/mol. The molecule has 4 heteroatoms. The minimum atomic E-state index is 0.1000. The van der Waals surface area contributed by atoms with E-state index in [2.05, 4.69) is 18.5 Å². The van der Waals surface area contributed by atoms with E-state index in [1.165, 1.54) is 0 Å². The van der Waals surface area contributed by atoms with Crippen LogP contribution in [0.25, 0.3) is 0 Å². The third-order valence-corrected chi connectivity index (χ3v) is 2.83. The number of nitrogens with one attached hydrogen (secondary N) is 1. The topological polar surface area (TPSA) is 32.3 Å². The van der Waals surface area contributed by atoms with Gasteiger partial charge in [0.05, 0.1) is 0 Å². The lowest BCUT2D eigenvalue weighted by atomic mass is 10.2. The molecule has 1 N–H and O–H groups in total. The summed E-state index contributed by atoms with van der Waals surface area (Å²) in [6.45, 7) is 4.76. The molecule has 1 aliphatic rings. The normalized spacial score (nSPS) is 19.5. The molecule has 70 valence electrons. The van der Waals surface area contributed by atoms with Gasteiger partial charge < -0.3 is 10.2 Å². The number of rotatable bonds is 4. The zero-order chi connectivity index (χ0) is 8.97. The molecule has 1 rings (SSSR count). The Bertz CT molecular complexity index is 163. The molecule has 3 nitrogen and oxygen atoms in total. The van der Waals surface area contributed by atoms with E-state index in [4.69, 9.17) is 0 Å². The first kappa shape index (κ1) is 9.71. The molecule has 1 unspecified atom stereocenters. The largest absolute Gasteiger partial charge is 0.336 e. The summed E-state index contributed by atoms with van der Waals surface area (Å²) in [7, 11) is 0. The minimum Gasteiger partial charge on any atom is -0.336 e. The van der Waals surface area contributed by atoms with E-state index in [9.17, 15) is 4.79 Å². The van der Waals surface area contributed by atoms with Crippen LogP contribution in [0.2, 0.25) is 0 Å². The van der Waals surface area contributed by atoms with Crippen molar-refractivity contribution in [2.24, 2.45) is 5.92 Å². The zero-order valence-corrected chi connectivity index (χ0v) is 8.49. The van der Waals surface area contributed by atoms with Crippen molar-refractivity contribution in [3.8, 4) is 0 Å². The first-order chi connectivity index (χ1) is 5.74. The number of carbonyl (C=O) groups is 1. The zero-order valence-electron chi connectivity index (χ0n) is 7.67. The van der Waals surface area contributed by atoms with Gasteiger partial charge in [-0.25, -0.2) is 4.79 Å². The second kappa shape index (κ2) is 4.60. The predicted molar refractivity (Wildman–Crippen MR) is 52.5 cm³/mol. The van der Waals surface area contributed by atoms with Gasteiger partial charge in [-0.05, 0) is 17.9 Å². The summed E-state index contributed by atoms with van der Waals surface area (Å²) in [6, 6.07) is 0.1000. The van der Waals surface area contributed by atoms with Crippen LogP contribution in [0.1, 0.15) is 6.92 Å². The van der Waals surface area contributed by atoms with Crippen molar-refractivity contribution in [2.75, 3.05) is 31.6 Å². The van der Waals surface area contributed by atoms with E-state index < -0.39 is 0 Å². The summed E-state index contributed by atoms with van der Waals surface area (Å²) >= 11 is 1.84. The van der Waals surface area contributed by atoms with E-state index in [0.717, 1.165) is 25.4 Å². The predicted octanol–water partition coefficient (Wildman–Crippen LogP) is 1.01. The van der Waals surface area contributed by atoms with Gasteiger partial charge in [0, 0.05) is 19.6 Å². The molecule has 1 saturated heterocycles. The van der Waals surface area contributed by atoms with Gasteiger partial charge in [0.15, 0.2) is 0 Å². The Kier molecular flexibility index (Phi) is 3.72. The lowest BCUT2D eigenvalue weighted by Crippen LogP contribution is -2.32. The Balaban J connectivity index is 2.25. The molecule has 0 aromatic rings. The van der Waals surface area contributed by atoms with Gasteiger partial charge in [0.1, 0.15) is 0 Å². The second-order valence-electron chi connectivity index (χ2n) is 3.24. The summed E-state index contributed by atoms with van der Waals surface area (Å²) in [4.78, 5) is 13.0. The molecule has 0 bridgehead atoms. The van der Waals surface area contributed by atoms with E-state index in [-0.39, 0.29) is 6.03 Å². The van der Waals surface area contributed by atoms with Gasteiger partial charge in [-0.1, -0.05) is 6.92 Å². The maximum atomic E-state index is 11.1. The fourth-order valence-electron chi connectivity index (χ4n) is 1.40. The standard InChI is InChI=1S/C8H16N2OS/c1-7(6-12-2)5-10-4-3-9-8(10)11/h7H,3-6H2,1-2H3,(H,9,11). The fraction of sp³-hybridized carbons (Fsp3) is 0.875. The van der Waals surface area contributed by atoms with Crippen LogP contribution in [-0.2, 0) is 0 Å². The molecule has 0 spiro atoms. The summed E-state index contributed by atoms with van der Waals surface area (Å²) in [5, 5.41) is 2.80. The lowest BCUT2D eigenvalue weighted by molar-refractivity contribution is 0.212.